The first-order valence-electron chi connectivity index (χ1n) is 5.87. The van der Waals surface area contributed by atoms with Gasteiger partial charge in [0, 0.05) is 6.54 Å². The highest BCUT2D eigenvalue weighted by atomic mass is 19.1. The molecule has 0 aliphatic heterocycles. The number of aliphatic hydroxyl groups excluding tert-OH is 1. The van der Waals surface area contributed by atoms with Gasteiger partial charge in [0.1, 0.15) is 11.6 Å². The molecular weight excluding hydrogens is 233 g/mol. The summed E-state index contributed by atoms with van der Waals surface area (Å²) in [7, 11) is 0. The molecule has 0 aliphatic carbocycles. The first-order valence-corrected chi connectivity index (χ1v) is 5.87. The van der Waals surface area contributed by atoms with Crippen LogP contribution in [0.2, 0.25) is 0 Å². The van der Waals surface area contributed by atoms with E-state index in [2.05, 4.69) is 5.32 Å². The fourth-order valence-electron chi connectivity index (χ4n) is 1.76. The van der Waals surface area contributed by atoms with Gasteiger partial charge in [-0.05, 0) is 36.8 Å². The lowest BCUT2D eigenvalue weighted by molar-refractivity contribution is 0.168. The number of hydrogen-bond donors (Lipinski definition) is 2. The molecule has 0 bridgehead atoms. The van der Waals surface area contributed by atoms with Crippen LogP contribution in [0.15, 0.2) is 47.1 Å². The lowest BCUT2D eigenvalue weighted by atomic mass is 10.1. The minimum Gasteiger partial charge on any atom is -0.468 e. The van der Waals surface area contributed by atoms with Gasteiger partial charge in [-0.2, -0.15) is 0 Å². The highest BCUT2D eigenvalue weighted by molar-refractivity contribution is 5.19. The minimum atomic E-state index is -0.738. The fraction of sp³-hybridized carbons (Fsp3) is 0.286. The van der Waals surface area contributed by atoms with Crippen LogP contribution in [-0.2, 0) is 0 Å². The number of halogens is 1. The van der Waals surface area contributed by atoms with Gasteiger partial charge in [0.2, 0.25) is 0 Å². The van der Waals surface area contributed by atoms with Crippen molar-refractivity contribution in [1.29, 1.82) is 0 Å². The molecule has 0 amide bonds. The Bertz CT molecular complexity index is 484. The smallest absolute Gasteiger partial charge is 0.123 e. The largest absolute Gasteiger partial charge is 0.468 e. The molecule has 2 N–H and O–H groups in total. The third-order valence-corrected chi connectivity index (χ3v) is 2.82. The van der Waals surface area contributed by atoms with Crippen molar-refractivity contribution in [3.63, 3.8) is 0 Å². The highest BCUT2D eigenvalue weighted by Crippen LogP contribution is 2.16. The standard InChI is InChI=1S/C14H16FNO2/c1-10(14-6-3-7-18-14)16-9-13(17)11-4-2-5-12(15)8-11/h2-8,10,13,16-17H,9H2,1H3/t10-,13?/m0/s1. The van der Waals surface area contributed by atoms with Crippen LogP contribution in [0.25, 0.3) is 0 Å². The van der Waals surface area contributed by atoms with Crippen LogP contribution < -0.4 is 5.32 Å². The van der Waals surface area contributed by atoms with Crippen molar-refractivity contribution < 1.29 is 13.9 Å². The number of hydrogen-bond acceptors (Lipinski definition) is 3. The average Bonchev–Trinajstić information content (AvgIpc) is 2.89. The molecule has 18 heavy (non-hydrogen) atoms. The van der Waals surface area contributed by atoms with Crippen molar-refractivity contribution in [3.05, 3.63) is 59.8 Å². The quantitative estimate of drug-likeness (QED) is 0.856. The molecule has 0 spiro atoms. The molecular formula is C14H16FNO2. The molecule has 1 aromatic heterocycles. The third-order valence-electron chi connectivity index (χ3n) is 2.82. The molecule has 3 nitrogen and oxygen atoms in total. The predicted molar refractivity (Wildman–Crippen MR) is 66.5 cm³/mol. The number of nitrogens with one attached hydrogen (secondary N) is 1. The van der Waals surface area contributed by atoms with E-state index in [0.29, 0.717) is 12.1 Å². The van der Waals surface area contributed by atoms with Gasteiger partial charge < -0.3 is 14.8 Å². The number of rotatable bonds is 5. The maximum absolute atomic E-state index is 13.0. The van der Waals surface area contributed by atoms with Crippen molar-refractivity contribution in [3.8, 4) is 0 Å². The van der Waals surface area contributed by atoms with Gasteiger partial charge in [0.25, 0.3) is 0 Å². The monoisotopic (exact) mass is 249 g/mol. The van der Waals surface area contributed by atoms with Crippen LogP contribution in [0, 0.1) is 5.82 Å². The van der Waals surface area contributed by atoms with E-state index in [-0.39, 0.29) is 11.9 Å². The van der Waals surface area contributed by atoms with E-state index < -0.39 is 6.10 Å². The predicted octanol–water partition coefficient (Wildman–Crippen LogP) is 2.80. The van der Waals surface area contributed by atoms with Crippen LogP contribution in [0.4, 0.5) is 4.39 Å². The number of benzene rings is 1. The fourth-order valence-corrected chi connectivity index (χ4v) is 1.76. The van der Waals surface area contributed by atoms with Crippen molar-refractivity contribution in [1.82, 2.24) is 5.32 Å². The van der Waals surface area contributed by atoms with Crippen LogP contribution in [0.5, 0.6) is 0 Å². The Labute approximate surface area is 105 Å². The van der Waals surface area contributed by atoms with Gasteiger partial charge in [-0.1, -0.05) is 12.1 Å². The normalized spacial score (nSPS) is 14.4. The second-order valence-corrected chi connectivity index (χ2v) is 4.22. The maximum Gasteiger partial charge on any atom is 0.123 e. The summed E-state index contributed by atoms with van der Waals surface area (Å²) in [6.07, 6.45) is 0.870. The second-order valence-electron chi connectivity index (χ2n) is 4.22. The van der Waals surface area contributed by atoms with E-state index >= 15 is 0 Å². The molecule has 0 saturated heterocycles. The summed E-state index contributed by atoms with van der Waals surface area (Å²) in [5.41, 5.74) is 0.564. The van der Waals surface area contributed by atoms with E-state index in [4.69, 9.17) is 4.42 Å². The minimum absolute atomic E-state index is 0.00297. The summed E-state index contributed by atoms with van der Waals surface area (Å²) >= 11 is 0. The van der Waals surface area contributed by atoms with E-state index in [9.17, 15) is 9.50 Å². The van der Waals surface area contributed by atoms with Gasteiger partial charge in [-0.25, -0.2) is 4.39 Å². The Balaban J connectivity index is 1.90. The van der Waals surface area contributed by atoms with E-state index in [1.165, 1.54) is 12.1 Å². The van der Waals surface area contributed by atoms with Gasteiger partial charge in [-0.15, -0.1) is 0 Å². The number of furan rings is 1. The SMILES string of the molecule is C[C@H](NCC(O)c1cccc(F)c1)c1ccco1. The highest BCUT2D eigenvalue weighted by Gasteiger charge is 2.12. The van der Waals surface area contributed by atoms with E-state index in [1.54, 1.807) is 18.4 Å². The third kappa shape index (κ3) is 3.18. The van der Waals surface area contributed by atoms with Gasteiger partial charge in [0.15, 0.2) is 0 Å². The zero-order valence-corrected chi connectivity index (χ0v) is 10.1. The number of aliphatic hydroxyl groups is 1. The van der Waals surface area contributed by atoms with Crippen LogP contribution in [-0.4, -0.2) is 11.7 Å². The zero-order chi connectivity index (χ0) is 13.0. The summed E-state index contributed by atoms with van der Waals surface area (Å²) in [6, 6.07) is 9.67. The maximum atomic E-state index is 13.0. The Morgan fingerprint density at radius 1 is 1.33 bits per heavy atom. The molecule has 0 radical (unpaired) electrons. The molecule has 0 fully saturated rings. The van der Waals surface area contributed by atoms with E-state index in [0.717, 1.165) is 5.76 Å². The van der Waals surface area contributed by atoms with Gasteiger partial charge in [-0.3, -0.25) is 0 Å². The van der Waals surface area contributed by atoms with Crippen molar-refractivity contribution >= 4 is 0 Å². The van der Waals surface area contributed by atoms with Gasteiger partial charge >= 0.3 is 0 Å². The Morgan fingerprint density at radius 2 is 2.17 bits per heavy atom. The van der Waals surface area contributed by atoms with Crippen molar-refractivity contribution in [2.24, 2.45) is 0 Å². The molecule has 1 aromatic carbocycles. The molecule has 2 atom stereocenters. The summed E-state index contributed by atoms with van der Waals surface area (Å²) in [5, 5.41) is 13.1. The Kier molecular flexibility index (Phi) is 4.12. The zero-order valence-electron chi connectivity index (χ0n) is 10.1. The Hall–Kier alpha value is -1.65. The molecule has 1 unspecified atom stereocenters. The summed E-state index contributed by atoms with van der Waals surface area (Å²) in [5.74, 6) is 0.465. The molecule has 96 valence electrons. The van der Waals surface area contributed by atoms with E-state index in [1.807, 2.05) is 19.1 Å². The first-order chi connectivity index (χ1) is 8.66. The summed E-state index contributed by atoms with van der Waals surface area (Å²) in [6.45, 7) is 2.28. The topological polar surface area (TPSA) is 45.4 Å². The molecule has 0 aliphatic rings. The molecule has 0 saturated carbocycles. The molecule has 2 rings (SSSR count). The molecule has 4 heteroatoms. The lowest BCUT2D eigenvalue weighted by Gasteiger charge is -2.16. The molecule has 2 aromatic rings. The van der Waals surface area contributed by atoms with Crippen molar-refractivity contribution in [2.45, 2.75) is 19.1 Å². The van der Waals surface area contributed by atoms with Gasteiger partial charge in [0.05, 0.1) is 18.4 Å². The van der Waals surface area contributed by atoms with Crippen LogP contribution >= 0.6 is 0 Å². The second kappa shape index (κ2) is 5.80. The van der Waals surface area contributed by atoms with Crippen LogP contribution in [0.1, 0.15) is 30.4 Å². The summed E-state index contributed by atoms with van der Waals surface area (Å²) in [4.78, 5) is 0. The first kappa shape index (κ1) is 12.8. The molecule has 1 heterocycles. The average molecular weight is 249 g/mol. The summed E-state index contributed by atoms with van der Waals surface area (Å²) < 4.78 is 18.3. The van der Waals surface area contributed by atoms with Crippen LogP contribution in [0.3, 0.4) is 0 Å². The Morgan fingerprint density at radius 3 is 2.83 bits per heavy atom. The van der Waals surface area contributed by atoms with Crippen molar-refractivity contribution in [2.75, 3.05) is 6.54 Å². The lowest BCUT2D eigenvalue weighted by Crippen LogP contribution is -2.24.